The van der Waals surface area contributed by atoms with Gasteiger partial charge in [0.25, 0.3) is 0 Å². The summed E-state index contributed by atoms with van der Waals surface area (Å²) in [6, 6.07) is 7.23. The highest BCUT2D eigenvalue weighted by Gasteiger charge is 2.11. The molecule has 1 atom stereocenters. The molecule has 0 unspecified atom stereocenters. The van der Waals surface area contributed by atoms with Gasteiger partial charge in [0, 0.05) is 12.7 Å². The molecule has 2 aromatic rings. The van der Waals surface area contributed by atoms with Gasteiger partial charge in [0.1, 0.15) is 11.6 Å². The Morgan fingerprint density at radius 1 is 1.43 bits per heavy atom. The summed E-state index contributed by atoms with van der Waals surface area (Å²) in [6.45, 7) is 2.17. The van der Waals surface area contributed by atoms with Crippen LogP contribution in [0, 0.1) is 5.82 Å². The Labute approximate surface area is 122 Å². The van der Waals surface area contributed by atoms with E-state index in [-0.39, 0.29) is 11.7 Å². The third kappa shape index (κ3) is 4.06. The van der Waals surface area contributed by atoms with E-state index in [9.17, 15) is 9.18 Å². The van der Waals surface area contributed by atoms with Gasteiger partial charge < -0.3 is 19.8 Å². The van der Waals surface area contributed by atoms with Crippen molar-refractivity contribution in [1.29, 1.82) is 0 Å². The number of nitrogens with one attached hydrogen (secondary N) is 2. The van der Waals surface area contributed by atoms with Crippen LogP contribution in [0.4, 0.5) is 14.9 Å². The molecule has 0 radical (unpaired) electrons. The molecule has 6 heteroatoms. The number of hydrogen-bond donors (Lipinski definition) is 2. The summed E-state index contributed by atoms with van der Waals surface area (Å²) in [7, 11) is 1.54. The van der Waals surface area contributed by atoms with Gasteiger partial charge in [-0.1, -0.05) is 0 Å². The highest BCUT2D eigenvalue weighted by atomic mass is 19.1. The molecule has 112 valence electrons. The van der Waals surface area contributed by atoms with Crippen molar-refractivity contribution in [2.75, 3.05) is 19.0 Å². The first-order valence-corrected chi connectivity index (χ1v) is 6.50. The molecule has 2 N–H and O–H groups in total. The number of amides is 2. The van der Waals surface area contributed by atoms with Crippen LogP contribution in [0.15, 0.2) is 41.0 Å². The van der Waals surface area contributed by atoms with Crippen LogP contribution in [0.5, 0.6) is 0 Å². The molecule has 0 aliphatic carbocycles. The fraction of sp³-hybridized carbons (Fsp3) is 0.267. The zero-order chi connectivity index (χ0) is 15.2. The van der Waals surface area contributed by atoms with Gasteiger partial charge in [-0.2, -0.15) is 0 Å². The molecule has 2 amide bonds. The number of halogens is 1. The van der Waals surface area contributed by atoms with Crippen molar-refractivity contribution in [3.63, 3.8) is 0 Å². The van der Waals surface area contributed by atoms with Crippen molar-refractivity contribution in [1.82, 2.24) is 5.32 Å². The molecule has 0 spiro atoms. The standard InChI is InChI=1S/C15H17FN2O3/c1-10(9-20-2)17-15(19)18-13-8-11(5-6-12(13)16)14-4-3-7-21-14/h3-8,10H,9H2,1-2H3,(H2,17,18,19)/t10-/m0/s1. The minimum absolute atomic E-state index is 0.0889. The second-order valence-electron chi connectivity index (χ2n) is 4.63. The van der Waals surface area contributed by atoms with Crippen molar-refractivity contribution in [3.05, 3.63) is 42.4 Å². The molecule has 1 aromatic carbocycles. The van der Waals surface area contributed by atoms with Gasteiger partial charge in [-0.05, 0) is 37.3 Å². The van der Waals surface area contributed by atoms with Gasteiger partial charge in [-0.25, -0.2) is 9.18 Å². The number of benzene rings is 1. The Kier molecular flexibility index (Phi) is 4.94. The lowest BCUT2D eigenvalue weighted by atomic mass is 10.1. The second kappa shape index (κ2) is 6.90. The zero-order valence-electron chi connectivity index (χ0n) is 11.9. The number of anilines is 1. The van der Waals surface area contributed by atoms with Crippen LogP contribution >= 0.6 is 0 Å². The molecule has 0 aliphatic heterocycles. The van der Waals surface area contributed by atoms with Crippen molar-refractivity contribution >= 4 is 11.7 Å². The average molecular weight is 292 g/mol. The van der Waals surface area contributed by atoms with Crippen LogP contribution in [0.1, 0.15) is 6.92 Å². The van der Waals surface area contributed by atoms with E-state index in [4.69, 9.17) is 9.15 Å². The van der Waals surface area contributed by atoms with Crippen molar-refractivity contribution in [2.24, 2.45) is 0 Å². The van der Waals surface area contributed by atoms with Crippen LogP contribution in [-0.2, 0) is 4.74 Å². The first-order chi connectivity index (χ1) is 10.1. The predicted octanol–water partition coefficient (Wildman–Crippen LogP) is 3.24. The van der Waals surface area contributed by atoms with Gasteiger partial charge >= 0.3 is 6.03 Å². The first-order valence-electron chi connectivity index (χ1n) is 6.50. The summed E-state index contributed by atoms with van der Waals surface area (Å²) in [6.07, 6.45) is 1.53. The highest BCUT2D eigenvalue weighted by molar-refractivity contribution is 5.90. The molecule has 0 fully saturated rings. The SMILES string of the molecule is COC[C@H](C)NC(=O)Nc1cc(-c2ccco2)ccc1F. The van der Waals surface area contributed by atoms with Crippen molar-refractivity contribution < 1.29 is 18.3 Å². The first kappa shape index (κ1) is 15.1. The highest BCUT2D eigenvalue weighted by Crippen LogP contribution is 2.25. The largest absolute Gasteiger partial charge is 0.464 e. The Balaban J connectivity index is 2.09. The lowest BCUT2D eigenvalue weighted by molar-refractivity contribution is 0.173. The van der Waals surface area contributed by atoms with Crippen molar-refractivity contribution in [2.45, 2.75) is 13.0 Å². The summed E-state index contributed by atoms with van der Waals surface area (Å²) in [4.78, 5) is 11.8. The predicted molar refractivity (Wildman–Crippen MR) is 77.6 cm³/mol. The van der Waals surface area contributed by atoms with Crippen LogP contribution in [0.2, 0.25) is 0 Å². The molecular formula is C15H17FN2O3. The second-order valence-corrected chi connectivity index (χ2v) is 4.63. The number of furan rings is 1. The Morgan fingerprint density at radius 2 is 2.24 bits per heavy atom. The van der Waals surface area contributed by atoms with E-state index in [1.807, 2.05) is 0 Å². The Morgan fingerprint density at radius 3 is 2.90 bits per heavy atom. The fourth-order valence-electron chi connectivity index (χ4n) is 1.89. The van der Waals surface area contributed by atoms with E-state index in [1.54, 1.807) is 32.2 Å². The van der Waals surface area contributed by atoms with E-state index in [1.165, 1.54) is 18.4 Å². The van der Waals surface area contributed by atoms with E-state index in [2.05, 4.69) is 10.6 Å². The molecule has 0 bridgehead atoms. The minimum Gasteiger partial charge on any atom is -0.464 e. The molecule has 0 saturated heterocycles. The van der Waals surface area contributed by atoms with E-state index in [0.717, 1.165) is 0 Å². The van der Waals surface area contributed by atoms with Crippen LogP contribution < -0.4 is 10.6 Å². The molecule has 5 nitrogen and oxygen atoms in total. The lowest BCUT2D eigenvalue weighted by Gasteiger charge is -2.14. The summed E-state index contributed by atoms with van der Waals surface area (Å²) in [5, 5.41) is 5.13. The fourth-order valence-corrected chi connectivity index (χ4v) is 1.89. The number of ether oxygens (including phenoxy) is 1. The monoisotopic (exact) mass is 292 g/mol. The molecule has 21 heavy (non-hydrogen) atoms. The summed E-state index contributed by atoms with van der Waals surface area (Å²) >= 11 is 0. The maximum Gasteiger partial charge on any atom is 0.319 e. The van der Waals surface area contributed by atoms with Crippen LogP contribution in [-0.4, -0.2) is 25.8 Å². The molecule has 0 aliphatic rings. The van der Waals surface area contributed by atoms with Gasteiger partial charge in [-0.15, -0.1) is 0 Å². The van der Waals surface area contributed by atoms with E-state index >= 15 is 0 Å². The number of hydrogen-bond acceptors (Lipinski definition) is 3. The van der Waals surface area contributed by atoms with E-state index in [0.29, 0.717) is 17.9 Å². The summed E-state index contributed by atoms with van der Waals surface area (Å²) in [5.41, 5.74) is 0.771. The molecule has 1 aromatic heterocycles. The number of carbonyl (C=O) groups is 1. The number of methoxy groups -OCH3 is 1. The Bertz CT molecular complexity index is 599. The number of urea groups is 1. The summed E-state index contributed by atoms with van der Waals surface area (Å²) < 4.78 is 23.9. The van der Waals surface area contributed by atoms with Crippen molar-refractivity contribution in [3.8, 4) is 11.3 Å². The molecular weight excluding hydrogens is 275 g/mol. The zero-order valence-corrected chi connectivity index (χ0v) is 11.9. The number of rotatable bonds is 5. The smallest absolute Gasteiger partial charge is 0.319 e. The van der Waals surface area contributed by atoms with Gasteiger partial charge in [0.15, 0.2) is 0 Å². The lowest BCUT2D eigenvalue weighted by Crippen LogP contribution is -2.38. The van der Waals surface area contributed by atoms with Gasteiger partial charge in [-0.3, -0.25) is 0 Å². The Hall–Kier alpha value is -2.34. The summed E-state index contributed by atoms with van der Waals surface area (Å²) in [5.74, 6) is 0.0889. The average Bonchev–Trinajstić information content (AvgIpc) is 2.95. The van der Waals surface area contributed by atoms with Gasteiger partial charge in [0.05, 0.1) is 24.6 Å². The quantitative estimate of drug-likeness (QED) is 0.889. The molecule has 1 heterocycles. The molecule has 2 rings (SSSR count). The van der Waals surface area contributed by atoms with Crippen LogP contribution in [0.3, 0.4) is 0 Å². The third-order valence-corrected chi connectivity index (χ3v) is 2.81. The number of carbonyl (C=O) groups excluding carboxylic acids is 1. The topological polar surface area (TPSA) is 63.5 Å². The normalized spacial score (nSPS) is 12.0. The van der Waals surface area contributed by atoms with E-state index < -0.39 is 11.8 Å². The van der Waals surface area contributed by atoms with Crippen LogP contribution in [0.25, 0.3) is 11.3 Å². The maximum atomic E-state index is 13.8. The molecule has 0 saturated carbocycles. The van der Waals surface area contributed by atoms with Gasteiger partial charge in [0.2, 0.25) is 0 Å². The minimum atomic E-state index is -0.514. The third-order valence-electron chi connectivity index (χ3n) is 2.81. The maximum absolute atomic E-state index is 13.8.